The van der Waals surface area contributed by atoms with Gasteiger partial charge < -0.3 is 5.32 Å². The van der Waals surface area contributed by atoms with E-state index >= 15 is 0 Å². The number of amides is 1. The van der Waals surface area contributed by atoms with Crippen molar-refractivity contribution in [1.29, 1.82) is 0 Å². The lowest BCUT2D eigenvalue weighted by Crippen LogP contribution is -2.36. The van der Waals surface area contributed by atoms with E-state index in [4.69, 9.17) is 0 Å². The summed E-state index contributed by atoms with van der Waals surface area (Å²) in [6.07, 6.45) is 1.34. The fourth-order valence-electron chi connectivity index (χ4n) is 2.68. The minimum Gasteiger partial charge on any atom is -0.324 e. The molecule has 1 unspecified atom stereocenters. The van der Waals surface area contributed by atoms with Gasteiger partial charge in [-0.3, -0.25) is 4.79 Å². The van der Waals surface area contributed by atoms with Gasteiger partial charge in [0.2, 0.25) is 15.9 Å². The molecule has 0 bridgehead atoms. The maximum absolute atomic E-state index is 12.7. The van der Waals surface area contributed by atoms with Crippen molar-refractivity contribution >= 4 is 33.4 Å². The van der Waals surface area contributed by atoms with Crippen LogP contribution in [0, 0.1) is 0 Å². The summed E-state index contributed by atoms with van der Waals surface area (Å²) in [6, 6.07) is 14.5. The van der Waals surface area contributed by atoms with Crippen LogP contribution < -0.4 is 10.0 Å². The first-order valence-electron chi connectivity index (χ1n) is 8.11. The SMILES string of the molecule is CCC(Cc1ccccc1)NS(=O)(=O)c1ccc2c(c1)SCC(=O)N2. The molecule has 7 heteroatoms. The van der Waals surface area contributed by atoms with E-state index in [2.05, 4.69) is 10.0 Å². The molecule has 0 saturated heterocycles. The van der Waals surface area contributed by atoms with Crippen LogP contribution in [0.4, 0.5) is 5.69 Å². The second-order valence-electron chi connectivity index (χ2n) is 5.91. The molecule has 5 nitrogen and oxygen atoms in total. The molecule has 2 aromatic carbocycles. The molecule has 0 spiro atoms. The lowest BCUT2D eigenvalue weighted by molar-refractivity contribution is -0.113. The zero-order valence-corrected chi connectivity index (χ0v) is 15.5. The molecule has 1 atom stereocenters. The van der Waals surface area contributed by atoms with E-state index in [1.807, 2.05) is 37.3 Å². The van der Waals surface area contributed by atoms with Gasteiger partial charge in [0.25, 0.3) is 0 Å². The molecule has 1 aliphatic rings. The zero-order valence-electron chi connectivity index (χ0n) is 13.9. The van der Waals surface area contributed by atoms with Crippen LogP contribution in [0.1, 0.15) is 18.9 Å². The van der Waals surface area contributed by atoms with Crippen molar-refractivity contribution in [3.8, 4) is 0 Å². The molecule has 25 heavy (non-hydrogen) atoms. The van der Waals surface area contributed by atoms with Gasteiger partial charge in [0.1, 0.15) is 0 Å². The molecular formula is C18H20N2O3S2. The maximum Gasteiger partial charge on any atom is 0.240 e. The first-order valence-corrected chi connectivity index (χ1v) is 10.6. The Morgan fingerprint density at radius 2 is 1.96 bits per heavy atom. The van der Waals surface area contributed by atoms with Crippen molar-refractivity contribution in [2.75, 3.05) is 11.1 Å². The van der Waals surface area contributed by atoms with Gasteiger partial charge in [0.15, 0.2) is 0 Å². The van der Waals surface area contributed by atoms with Crippen LogP contribution in [0.15, 0.2) is 58.3 Å². The number of nitrogens with one attached hydrogen (secondary N) is 2. The maximum atomic E-state index is 12.7. The molecule has 132 valence electrons. The number of rotatable bonds is 6. The molecule has 0 aromatic heterocycles. The Kier molecular flexibility index (Phi) is 5.46. The highest BCUT2D eigenvalue weighted by Gasteiger charge is 2.22. The molecule has 0 radical (unpaired) electrons. The third kappa shape index (κ3) is 4.42. The van der Waals surface area contributed by atoms with E-state index in [0.717, 1.165) is 10.5 Å². The molecule has 1 amide bonds. The van der Waals surface area contributed by atoms with Gasteiger partial charge in [-0.15, -0.1) is 11.8 Å². The van der Waals surface area contributed by atoms with E-state index in [-0.39, 0.29) is 16.8 Å². The zero-order chi connectivity index (χ0) is 17.9. The van der Waals surface area contributed by atoms with E-state index in [9.17, 15) is 13.2 Å². The van der Waals surface area contributed by atoms with Crippen molar-refractivity contribution in [3.63, 3.8) is 0 Å². The minimum atomic E-state index is -3.61. The fourth-order valence-corrected chi connectivity index (χ4v) is 4.94. The summed E-state index contributed by atoms with van der Waals surface area (Å²) >= 11 is 1.35. The van der Waals surface area contributed by atoms with Crippen molar-refractivity contribution in [1.82, 2.24) is 4.72 Å². The Morgan fingerprint density at radius 1 is 1.20 bits per heavy atom. The summed E-state index contributed by atoms with van der Waals surface area (Å²) in [4.78, 5) is 12.4. The van der Waals surface area contributed by atoms with Gasteiger partial charge in [0, 0.05) is 10.9 Å². The number of benzene rings is 2. The van der Waals surface area contributed by atoms with Crippen LogP contribution in [0.3, 0.4) is 0 Å². The average molecular weight is 377 g/mol. The molecule has 0 aliphatic carbocycles. The highest BCUT2D eigenvalue weighted by Crippen LogP contribution is 2.33. The van der Waals surface area contributed by atoms with Crippen LogP contribution in [-0.2, 0) is 21.2 Å². The van der Waals surface area contributed by atoms with Crippen LogP contribution in [0.5, 0.6) is 0 Å². The normalized spacial score (nSPS) is 15.3. The smallest absolute Gasteiger partial charge is 0.240 e. The van der Waals surface area contributed by atoms with Crippen molar-refractivity contribution < 1.29 is 13.2 Å². The molecule has 2 N–H and O–H groups in total. The first kappa shape index (κ1) is 18.0. The largest absolute Gasteiger partial charge is 0.324 e. The molecule has 2 aromatic rings. The molecule has 1 heterocycles. The first-order chi connectivity index (χ1) is 12.0. The number of carbonyl (C=O) groups excluding carboxylic acids is 1. The van der Waals surface area contributed by atoms with E-state index in [1.54, 1.807) is 12.1 Å². The number of hydrogen-bond donors (Lipinski definition) is 2. The Bertz CT molecular complexity index is 867. The standard InChI is InChI=1S/C18H20N2O3S2/c1-2-14(10-13-6-4-3-5-7-13)20-25(22,23)15-8-9-16-17(11-15)24-12-18(21)19-16/h3-9,11,14,20H,2,10,12H2,1H3,(H,19,21). The van der Waals surface area contributed by atoms with Gasteiger partial charge in [-0.1, -0.05) is 37.3 Å². The van der Waals surface area contributed by atoms with Crippen LogP contribution in [0.25, 0.3) is 0 Å². The van der Waals surface area contributed by atoms with Crippen molar-refractivity contribution in [3.05, 3.63) is 54.1 Å². The molecule has 1 aliphatic heterocycles. The molecule has 3 rings (SSSR count). The number of hydrogen-bond acceptors (Lipinski definition) is 4. The third-order valence-electron chi connectivity index (χ3n) is 4.04. The Hall–Kier alpha value is -1.83. The van der Waals surface area contributed by atoms with Gasteiger partial charge in [-0.25, -0.2) is 13.1 Å². The van der Waals surface area contributed by atoms with E-state index in [0.29, 0.717) is 24.3 Å². The van der Waals surface area contributed by atoms with E-state index < -0.39 is 10.0 Å². The lowest BCUT2D eigenvalue weighted by Gasteiger charge is -2.20. The Morgan fingerprint density at radius 3 is 2.68 bits per heavy atom. The molecular weight excluding hydrogens is 356 g/mol. The second-order valence-corrected chi connectivity index (χ2v) is 8.64. The lowest BCUT2D eigenvalue weighted by atomic mass is 10.1. The number of fused-ring (bicyclic) bond motifs is 1. The second kappa shape index (κ2) is 7.59. The average Bonchev–Trinajstić information content (AvgIpc) is 2.61. The Labute approximate surface area is 152 Å². The summed E-state index contributed by atoms with van der Waals surface area (Å²) in [7, 11) is -3.61. The van der Waals surface area contributed by atoms with Crippen LogP contribution in [0.2, 0.25) is 0 Å². The number of sulfonamides is 1. The summed E-state index contributed by atoms with van der Waals surface area (Å²) in [5.41, 5.74) is 1.76. The van der Waals surface area contributed by atoms with E-state index in [1.165, 1.54) is 17.8 Å². The minimum absolute atomic E-state index is 0.0693. The topological polar surface area (TPSA) is 75.3 Å². The van der Waals surface area contributed by atoms with Crippen molar-refractivity contribution in [2.45, 2.75) is 35.6 Å². The highest BCUT2D eigenvalue weighted by atomic mass is 32.2. The fraction of sp³-hybridized carbons (Fsp3) is 0.278. The third-order valence-corrected chi connectivity index (χ3v) is 6.61. The predicted octanol–water partition coefficient (Wildman–Crippen LogP) is 3.03. The highest BCUT2D eigenvalue weighted by molar-refractivity contribution is 8.00. The van der Waals surface area contributed by atoms with Gasteiger partial charge in [-0.2, -0.15) is 0 Å². The van der Waals surface area contributed by atoms with Gasteiger partial charge in [0.05, 0.1) is 16.3 Å². The molecule has 0 fully saturated rings. The molecule has 0 saturated carbocycles. The number of thioether (sulfide) groups is 1. The van der Waals surface area contributed by atoms with Crippen molar-refractivity contribution in [2.24, 2.45) is 0 Å². The Balaban J connectivity index is 1.77. The number of carbonyl (C=O) groups is 1. The monoisotopic (exact) mass is 376 g/mol. The summed E-state index contributed by atoms with van der Waals surface area (Å²) in [5.74, 6) is 0.232. The quantitative estimate of drug-likeness (QED) is 0.813. The summed E-state index contributed by atoms with van der Waals surface area (Å²) in [6.45, 7) is 1.97. The van der Waals surface area contributed by atoms with Crippen LogP contribution >= 0.6 is 11.8 Å². The number of anilines is 1. The summed E-state index contributed by atoms with van der Waals surface area (Å²) < 4.78 is 28.3. The van der Waals surface area contributed by atoms with Gasteiger partial charge >= 0.3 is 0 Å². The summed E-state index contributed by atoms with van der Waals surface area (Å²) in [5, 5.41) is 2.75. The van der Waals surface area contributed by atoms with Gasteiger partial charge in [-0.05, 0) is 36.6 Å². The van der Waals surface area contributed by atoms with Crippen LogP contribution in [-0.4, -0.2) is 26.1 Å². The predicted molar refractivity (Wildman–Crippen MR) is 100 cm³/mol.